The highest BCUT2D eigenvalue weighted by Crippen LogP contribution is 2.35. The summed E-state index contributed by atoms with van der Waals surface area (Å²) >= 11 is 1.17. The Hall–Kier alpha value is -3.15. The number of sulfonamides is 1. The minimum Gasteiger partial charge on any atom is -0.400 e. The highest BCUT2D eigenvalue weighted by Gasteiger charge is 2.40. The lowest BCUT2D eigenvalue weighted by Crippen LogP contribution is -2.33. The number of likely N-dealkylation sites (tertiary alicyclic amines) is 1. The molecule has 0 unspecified atom stereocenters. The largest absolute Gasteiger partial charge is 0.400 e. The Morgan fingerprint density at radius 1 is 0.974 bits per heavy atom. The fourth-order valence-electron chi connectivity index (χ4n) is 5.04. The number of carbonyl (C=O) groups is 2. The van der Waals surface area contributed by atoms with Crippen molar-refractivity contribution in [2.75, 3.05) is 38.0 Å². The second-order valence-electron chi connectivity index (χ2n) is 9.88. The van der Waals surface area contributed by atoms with Crippen LogP contribution in [0.2, 0.25) is 0 Å². The van der Waals surface area contributed by atoms with Gasteiger partial charge in [0.15, 0.2) is 0 Å². The third kappa shape index (κ3) is 6.05. The van der Waals surface area contributed by atoms with E-state index in [1.165, 1.54) is 28.2 Å². The molecule has 11 heteroatoms. The van der Waals surface area contributed by atoms with Crippen molar-refractivity contribution in [1.82, 2.24) is 9.21 Å². The van der Waals surface area contributed by atoms with Gasteiger partial charge in [-0.3, -0.25) is 14.6 Å². The molecule has 0 aromatic heterocycles. The number of amides is 2. The van der Waals surface area contributed by atoms with Gasteiger partial charge in [-0.15, -0.1) is 0 Å². The van der Waals surface area contributed by atoms with Crippen LogP contribution in [0.3, 0.4) is 0 Å². The molecule has 3 aliphatic rings. The molecule has 206 valence electrons. The summed E-state index contributed by atoms with van der Waals surface area (Å²) in [5.74, 6) is -0.613. The molecular weight excluding hydrogens is 534 g/mol. The van der Waals surface area contributed by atoms with Crippen LogP contribution >= 0.6 is 11.8 Å². The molecule has 9 nitrogen and oxygen atoms in total. The van der Waals surface area contributed by atoms with Gasteiger partial charge in [-0.1, -0.05) is 48.2 Å². The van der Waals surface area contributed by atoms with Crippen LogP contribution in [-0.4, -0.2) is 72.5 Å². The first-order valence-corrected chi connectivity index (χ1v) is 15.6. The molecule has 2 amide bonds. The van der Waals surface area contributed by atoms with Gasteiger partial charge in [0.25, 0.3) is 5.91 Å². The molecule has 2 aromatic carbocycles. The zero-order valence-corrected chi connectivity index (χ0v) is 23.3. The monoisotopic (exact) mass is 567 g/mol. The first kappa shape index (κ1) is 27.4. The van der Waals surface area contributed by atoms with E-state index in [4.69, 9.17) is 10.7 Å². The number of nitrogens with zero attached hydrogens (tertiary/aromatic N) is 3. The van der Waals surface area contributed by atoms with Gasteiger partial charge in [-0.05, 0) is 55.9 Å². The van der Waals surface area contributed by atoms with E-state index in [9.17, 15) is 18.0 Å². The Bertz CT molecular complexity index is 1400. The van der Waals surface area contributed by atoms with E-state index in [0.717, 1.165) is 31.2 Å². The molecule has 3 aliphatic heterocycles. The highest BCUT2D eigenvalue weighted by molar-refractivity contribution is 8.16. The standard InChI is InChI=1S/C28H33N5O4S2/c29-24-23(28(35)32-15-4-5-16-32)27(30-14-13-20-9-2-1-3-10-20)38-25(24)26(34)31-21-11-8-12-22(19-21)39(36,37)33-17-6-7-18-33/h1-3,8-12,19,25H,4-7,13-18,29H2,(H,31,34)/t25-/m0/s1. The zero-order valence-electron chi connectivity index (χ0n) is 21.7. The molecule has 0 radical (unpaired) electrons. The number of hydrogen-bond donors (Lipinski definition) is 2. The Morgan fingerprint density at radius 3 is 2.38 bits per heavy atom. The molecule has 0 spiro atoms. The van der Waals surface area contributed by atoms with E-state index in [0.29, 0.717) is 55.4 Å². The van der Waals surface area contributed by atoms with Crippen molar-refractivity contribution in [2.45, 2.75) is 42.2 Å². The molecule has 5 rings (SSSR count). The summed E-state index contributed by atoms with van der Waals surface area (Å²) in [7, 11) is -3.62. The summed E-state index contributed by atoms with van der Waals surface area (Å²) in [6.07, 6.45) is 4.26. The summed E-state index contributed by atoms with van der Waals surface area (Å²) in [4.78, 5) is 33.4. The van der Waals surface area contributed by atoms with Crippen molar-refractivity contribution in [1.29, 1.82) is 0 Å². The van der Waals surface area contributed by atoms with Gasteiger partial charge in [0.1, 0.15) is 10.3 Å². The van der Waals surface area contributed by atoms with E-state index >= 15 is 0 Å². The number of carbonyl (C=O) groups excluding carboxylic acids is 2. The van der Waals surface area contributed by atoms with Crippen molar-refractivity contribution < 1.29 is 18.0 Å². The van der Waals surface area contributed by atoms with Gasteiger partial charge in [-0.25, -0.2) is 8.42 Å². The fraction of sp³-hybridized carbons (Fsp3) is 0.393. The van der Waals surface area contributed by atoms with Crippen LogP contribution in [0.5, 0.6) is 0 Å². The number of nitrogens with one attached hydrogen (secondary N) is 1. The van der Waals surface area contributed by atoms with E-state index in [2.05, 4.69) is 5.32 Å². The van der Waals surface area contributed by atoms with E-state index in [-0.39, 0.29) is 16.5 Å². The smallest absolute Gasteiger partial charge is 0.258 e. The van der Waals surface area contributed by atoms with Gasteiger partial charge in [-0.2, -0.15) is 4.31 Å². The number of nitrogens with two attached hydrogens (primary N) is 1. The maximum Gasteiger partial charge on any atom is 0.258 e. The van der Waals surface area contributed by atoms with Crippen molar-refractivity contribution in [3.05, 3.63) is 71.4 Å². The average Bonchev–Trinajstić information content (AvgIpc) is 3.71. The van der Waals surface area contributed by atoms with Crippen molar-refractivity contribution >= 4 is 44.3 Å². The van der Waals surface area contributed by atoms with Crippen LogP contribution in [0.1, 0.15) is 31.2 Å². The molecule has 2 aromatic rings. The zero-order chi connectivity index (χ0) is 27.4. The molecule has 3 N–H and O–H groups in total. The van der Waals surface area contributed by atoms with Crippen molar-refractivity contribution in [2.24, 2.45) is 10.7 Å². The minimum absolute atomic E-state index is 0.137. The third-order valence-electron chi connectivity index (χ3n) is 7.16. The minimum atomic E-state index is -3.62. The average molecular weight is 568 g/mol. The SMILES string of the molecule is NC1=C(C(=O)N2CCCC2)C(=NCCc2ccccc2)S[C@@H]1C(=O)Nc1cccc(S(=O)(=O)N2CCCC2)c1. The predicted molar refractivity (Wildman–Crippen MR) is 154 cm³/mol. The first-order chi connectivity index (χ1) is 18.8. The van der Waals surface area contributed by atoms with E-state index < -0.39 is 21.2 Å². The summed E-state index contributed by atoms with van der Waals surface area (Å²) in [6, 6.07) is 16.2. The molecule has 1 atom stereocenters. The molecule has 2 fully saturated rings. The molecule has 0 saturated carbocycles. The Kier molecular flexibility index (Phi) is 8.39. The maximum absolute atomic E-state index is 13.4. The van der Waals surface area contributed by atoms with Crippen LogP contribution in [0.25, 0.3) is 0 Å². The lowest BCUT2D eigenvalue weighted by molar-refractivity contribution is -0.125. The Labute approximate surface area is 233 Å². The van der Waals surface area contributed by atoms with Crippen LogP contribution in [0.4, 0.5) is 5.69 Å². The van der Waals surface area contributed by atoms with Gasteiger partial charge in [0.2, 0.25) is 15.9 Å². The number of benzene rings is 2. The van der Waals surface area contributed by atoms with Crippen molar-refractivity contribution in [3.63, 3.8) is 0 Å². The number of anilines is 1. The molecule has 2 saturated heterocycles. The number of hydrogen-bond acceptors (Lipinski definition) is 7. The fourth-order valence-corrected chi connectivity index (χ4v) is 7.73. The molecule has 0 aliphatic carbocycles. The number of aliphatic imine (C=N–C) groups is 1. The second kappa shape index (κ2) is 11.9. The summed E-state index contributed by atoms with van der Waals surface area (Å²) in [5, 5.41) is 2.44. The summed E-state index contributed by atoms with van der Waals surface area (Å²) < 4.78 is 27.5. The van der Waals surface area contributed by atoms with Crippen LogP contribution < -0.4 is 11.1 Å². The molecule has 0 bridgehead atoms. The van der Waals surface area contributed by atoms with Gasteiger partial charge in [0, 0.05) is 44.1 Å². The Morgan fingerprint density at radius 2 is 1.67 bits per heavy atom. The molecule has 3 heterocycles. The number of rotatable bonds is 8. The van der Waals surface area contributed by atoms with Crippen LogP contribution in [0, 0.1) is 0 Å². The van der Waals surface area contributed by atoms with Crippen LogP contribution in [-0.2, 0) is 26.0 Å². The molecule has 39 heavy (non-hydrogen) atoms. The maximum atomic E-state index is 13.4. The van der Waals surface area contributed by atoms with Crippen molar-refractivity contribution in [3.8, 4) is 0 Å². The van der Waals surface area contributed by atoms with Crippen LogP contribution in [0.15, 0.2) is 75.8 Å². The summed E-state index contributed by atoms with van der Waals surface area (Å²) in [6.45, 7) is 2.78. The third-order valence-corrected chi connectivity index (χ3v) is 10.3. The highest BCUT2D eigenvalue weighted by atomic mass is 32.2. The lowest BCUT2D eigenvalue weighted by atomic mass is 10.1. The van der Waals surface area contributed by atoms with E-state index in [1.807, 2.05) is 30.3 Å². The topological polar surface area (TPSA) is 125 Å². The first-order valence-electron chi connectivity index (χ1n) is 13.3. The predicted octanol–water partition coefficient (Wildman–Crippen LogP) is 3.00. The second-order valence-corrected chi connectivity index (χ2v) is 12.9. The normalized spacial score (nSPS) is 21.2. The Balaban J connectivity index is 1.35. The summed E-state index contributed by atoms with van der Waals surface area (Å²) in [5.41, 5.74) is 8.45. The van der Waals surface area contributed by atoms with Gasteiger partial charge >= 0.3 is 0 Å². The molecular formula is C28H33N5O4S2. The van der Waals surface area contributed by atoms with Gasteiger partial charge < -0.3 is 16.0 Å². The van der Waals surface area contributed by atoms with Gasteiger partial charge in [0.05, 0.1) is 10.5 Å². The van der Waals surface area contributed by atoms with E-state index in [1.54, 1.807) is 17.0 Å². The number of thioether (sulfide) groups is 1. The quantitative estimate of drug-likeness (QED) is 0.505. The lowest BCUT2D eigenvalue weighted by Gasteiger charge is -2.17.